The molecule has 0 spiro atoms. The maximum atomic E-state index is 12.6. The fraction of sp³-hybridized carbons (Fsp3) is 0.318. The van der Waals surface area contributed by atoms with E-state index < -0.39 is 10.0 Å². The summed E-state index contributed by atoms with van der Waals surface area (Å²) in [4.78, 5) is 11.3. The Kier molecular flexibility index (Phi) is 6.22. The minimum Gasteiger partial charge on any atom is -0.369 e. The number of H-pyrrole nitrogens is 1. The minimum absolute atomic E-state index is 0.106. The summed E-state index contributed by atoms with van der Waals surface area (Å²) >= 11 is 6.52. The van der Waals surface area contributed by atoms with Crippen molar-refractivity contribution in [1.29, 1.82) is 0 Å². The third-order valence-electron chi connectivity index (χ3n) is 5.92. The Hall–Kier alpha value is -2.55. The van der Waals surface area contributed by atoms with Crippen LogP contribution < -0.4 is 9.62 Å². The average molecular weight is 460 g/mol. The number of benzene rings is 2. The van der Waals surface area contributed by atoms with Crippen molar-refractivity contribution in [3.05, 3.63) is 71.6 Å². The number of rotatable bonds is 7. The van der Waals surface area contributed by atoms with Gasteiger partial charge in [0.1, 0.15) is 5.82 Å². The molecular formula is C22H26ClN5O2S. The molecule has 0 amide bonds. The SMILES string of the molecule is C[C@H](c1ccccc1)N1CC[C@H](N(C)c2ccc(S(=O)(=O)Nc3cnc[nH]3)cc2Cl)C1. The van der Waals surface area contributed by atoms with Crippen LogP contribution in [0.1, 0.15) is 24.9 Å². The Balaban J connectivity index is 1.46. The van der Waals surface area contributed by atoms with Gasteiger partial charge in [0.05, 0.1) is 28.1 Å². The van der Waals surface area contributed by atoms with Crippen LogP contribution in [0.2, 0.25) is 5.02 Å². The standard InChI is InChI=1S/C22H26ClN5O2S/c1-16(17-6-4-3-5-7-17)28-11-10-18(14-28)27(2)21-9-8-19(12-20(21)23)31(29,30)26-22-13-24-15-25-22/h3-9,12-13,15-16,18,26H,10-11,14H2,1-2H3,(H,24,25)/t16-,18+/m1/s1. The summed E-state index contributed by atoms with van der Waals surface area (Å²) in [6.45, 7) is 4.16. The van der Waals surface area contributed by atoms with E-state index in [1.165, 1.54) is 24.2 Å². The Morgan fingerprint density at radius 3 is 2.71 bits per heavy atom. The van der Waals surface area contributed by atoms with Crippen LogP contribution in [0.15, 0.2) is 66.0 Å². The van der Waals surface area contributed by atoms with Gasteiger partial charge in [-0.2, -0.15) is 0 Å². The van der Waals surface area contributed by atoms with Gasteiger partial charge in [0.25, 0.3) is 10.0 Å². The molecule has 1 saturated heterocycles. The van der Waals surface area contributed by atoms with E-state index in [0.717, 1.165) is 25.2 Å². The maximum Gasteiger partial charge on any atom is 0.263 e. The molecule has 7 nitrogen and oxygen atoms in total. The normalized spacial score (nSPS) is 18.1. The Labute approximate surface area is 188 Å². The first-order chi connectivity index (χ1) is 14.8. The van der Waals surface area contributed by atoms with Crippen LogP contribution in [0, 0.1) is 0 Å². The van der Waals surface area contributed by atoms with E-state index in [4.69, 9.17) is 11.6 Å². The second-order valence-corrected chi connectivity index (χ2v) is 9.91. The van der Waals surface area contributed by atoms with Crippen LogP contribution in [-0.4, -0.2) is 49.5 Å². The molecule has 0 aliphatic carbocycles. The molecule has 2 heterocycles. The fourth-order valence-corrected chi connectivity index (χ4v) is 5.45. The first-order valence-electron chi connectivity index (χ1n) is 10.2. The number of halogens is 1. The van der Waals surface area contributed by atoms with Gasteiger partial charge in [0.2, 0.25) is 0 Å². The summed E-state index contributed by atoms with van der Waals surface area (Å²) in [6.07, 6.45) is 3.83. The fourth-order valence-electron chi connectivity index (χ4n) is 4.03. The van der Waals surface area contributed by atoms with Gasteiger partial charge in [0, 0.05) is 32.2 Å². The number of nitrogens with zero attached hydrogens (tertiary/aromatic N) is 3. The largest absolute Gasteiger partial charge is 0.369 e. The van der Waals surface area contributed by atoms with Crippen LogP contribution in [0.4, 0.5) is 11.5 Å². The van der Waals surface area contributed by atoms with Crippen molar-refractivity contribution in [3.8, 4) is 0 Å². The molecular weight excluding hydrogens is 434 g/mol. The maximum absolute atomic E-state index is 12.6. The Morgan fingerprint density at radius 1 is 1.26 bits per heavy atom. The van der Waals surface area contributed by atoms with Crippen molar-refractivity contribution in [2.24, 2.45) is 0 Å². The molecule has 0 saturated carbocycles. The first kappa shape index (κ1) is 21.7. The molecule has 3 aromatic rings. The van der Waals surface area contributed by atoms with Gasteiger partial charge in [-0.15, -0.1) is 0 Å². The van der Waals surface area contributed by atoms with Gasteiger partial charge >= 0.3 is 0 Å². The third kappa shape index (κ3) is 4.71. The van der Waals surface area contributed by atoms with E-state index in [0.29, 0.717) is 22.9 Å². The first-order valence-corrected chi connectivity index (χ1v) is 12.0. The van der Waals surface area contributed by atoms with Crippen LogP contribution in [-0.2, 0) is 10.0 Å². The summed E-state index contributed by atoms with van der Waals surface area (Å²) in [5, 5.41) is 0.407. The molecule has 1 aliphatic rings. The molecule has 1 aliphatic heterocycles. The molecule has 2 atom stereocenters. The number of likely N-dealkylation sites (tertiary alicyclic amines) is 1. The quantitative estimate of drug-likeness (QED) is 0.555. The van der Waals surface area contributed by atoms with Gasteiger partial charge < -0.3 is 9.88 Å². The van der Waals surface area contributed by atoms with Crippen molar-refractivity contribution in [2.75, 3.05) is 29.8 Å². The van der Waals surface area contributed by atoms with Crippen molar-refractivity contribution in [1.82, 2.24) is 14.9 Å². The summed E-state index contributed by atoms with van der Waals surface area (Å²) in [6, 6.07) is 16.0. The number of aromatic amines is 1. The van der Waals surface area contributed by atoms with E-state index in [1.54, 1.807) is 12.1 Å². The Bertz CT molecular complexity index is 1120. The van der Waals surface area contributed by atoms with Crippen molar-refractivity contribution in [2.45, 2.75) is 30.3 Å². The predicted molar refractivity (Wildman–Crippen MR) is 124 cm³/mol. The molecule has 0 bridgehead atoms. The zero-order valence-corrected chi connectivity index (χ0v) is 19.1. The van der Waals surface area contributed by atoms with E-state index in [2.05, 4.69) is 55.7 Å². The predicted octanol–water partition coefficient (Wildman–Crippen LogP) is 4.14. The number of nitrogens with one attached hydrogen (secondary N) is 2. The minimum atomic E-state index is -3.75. The topological polar surface area (TPSA) is 81.3 Å². The molecule has 4 rings (SSSR count). The number of imidazole rings is 1. The second kappa shape index (κ2) is 8.90. The van der Waals surface area contributed by atoms with E-state index >= 15 is 0 Å². The van der Waals surface area contributed by atoms with Crippen LogP contribution >= 0.6 is 11.6 Å². The molecule has 1 fully saturated rings. The molecule has 164 valence electrons. The van der Waals surface area contributed by atoms with Crippen molar-refractivity contribution < 1.29 is 8.42 Å². The smallest absolute Gasteiger partial charge is 0.263 e. The number of hydrogen-bond donors (Lipinski definition) is 2. The molecule has 0 radical (unpaired) electrons. The summed E-state index contributed by atoms with van der Waals surface area (Å²) < 4.78 is 27.7. The zero-order valence-electron chi connectivity index (χ0n) is 17.5. The number of sulfonamides is 1. The van der Waals surface area contributed by atoms with Crippen molar-refractivity contribution in [3.63, 3.8) is 0 Å². The van der Waals surface area contributed by atoms with Crippen LogP contribution in [0.5, 0.6) is 0 Å². The Morgan fingerprint density at radius 2 is 2.03 bits per heavy atom. The second-order valence-electron chi connectivity index (χ2n) is 7.82. The van der Waals surface area contributed by atoms with E-state index in [1.807, 2.05) is 13.1 Å². The number of hydrogen-bond acceptors (Lipinski definition) is 5. The number of aromatic nitrogens is 2. The lowest BCUT2D eigenvalue weighted by Crippen LogP contribution is -2.35. The highest BCUT2D eigenvalue weighted by molar-refractivity contribution is 7.92. The highest BCUT2D eigenvalue weighted by atomic mass is 35.5. The van der Waals surface area contributed by atoms with Gasteiger partial charge in [-0.25, -0.2) is 13.4 Å². The van der Waals surface area contributed by atoms with E-state index in [-0.39, 0.29) is 4.90 Å². The summed E-state index contributed by atoms with van der Waals surface area (Å²) in [5.74, 6) is 0.302. The van der Waals surface area contributed by atoms with Gasteiger partial charge in [-0.05, 0) is 37.1 Å². The average Bonchev–Trinajstić information content (AvgIpc) is 3.45. The van der Waals surface area contributed by atoms with Gasteiger partial charge in [-0.1, -0.05) is 41.9 Å². The lowest BCUT2D eigenvalue weighted by Gasteiger charge is -2.30. The molecule has 2 aromatic carbocycles. The van der Waals surface area contributed by atoms with E-state index in [9.17, 15) is 8.42 Å². The molecule has 31 heavy (non-hydrogen) atoms. The zero-order chi connectivity index (χ0) is 22.0. The van der Waals surface area contributed by atoms with Crippen LogP contribution in [0.3, 0.4) is 0 Å². The molecule has 1 aromatic heterocycles. The van der Waals surface area contributed by atoms with Gasteiger partial charge in [0.15, 0.2) is 0 Å². The lowest BCUT2D eigenvalue weighted by atomic mass is 10.1. The number of anilines is 2. The van der Waals surface area contributed by atoms with Crippen molar-refractivity contribution >= 4 is 33.1 Å². The molecule has 9 heteroatoms. The van der Waals surface area contributed by atoms with Crippen LogP contribution in [0.25, 0.3) is 0 Å². The highest BCUT2D eigenvalue weighted by Crippen LogP contribution is 2.33. The molecule has 2 N–H and O–H groups in total. The number of likely N-dealkylation sites (N-methyl/N-ethyl adjacent to an activating group) is 1. The third-order valence-corrected chi connectivity index (χ3v) is 7.59. The monoisotopic (exact) mass is 459 g/mol. The molecule has 0 unspecified atom stereocenters. The summed E-state index contributed by atoms with van der Waals surface area (Å²) in [5.41, 5.74) is 2.13. The van der Waals surface area contributed by atoms with Gasteiger partial charge in [-0.3, -0.25) is 9.62 Å². The summed E-state index contributed by atoms with van der Waals surface area (Å²) in [7, 11) is -1.74. The highest BCUT2D eigenvalue weighted by Gasteiger charge is 2.30. The lowest BCUT2D eigenvalue weighted by molar-refractivity contribution is 0.259.